The number of phenolic OH excluding ortho intramolecular Hbond substituents is 3. The predicted octanol–water partition coefficient (Wildman–Crippen LogP) is 5.41. The number of fused-ring (bicyclic) bond motifs is 15. The van der Waals surface area contributed by atoms with Gasteiger partial charge in [-0.3, -0.25) is 38.4 Å². The number of benzene rings is 5. The van der Waals surface area contributed by atoms with E-state index in [1.165, 1.54) is 68.9 Å². The summed E-state index contributed by atoms with van der Waals surface area (Å²) in [6, 6.07) is 7.24. The van der Waals surface area contributed by atoms with Crippen LogP contribution in [0, 0.1) is 17.8 Å². The van der Waals surface area contributed by atoms with Crippen LogP contribution in [0.1, 0.15) is 214 Å². The Hall–Kier alpha value is -9.04. The lowest BCUT2D eigenvalue weighted by Crippen LogP contribution is -2.65. The van der Waals surface area contributed by atoms with E-state index >= 15 is 24.0 Å². The van der Waals surface area contributed by atoms with E-state index in [0.29, 0.717) is 13.0 Å². The van der Waals surface area contributed by atoms with E-state index in [2.05, 4.69) is 38.8 Å². The van der Waals surface area contributed by atoms with Crippen molar-refractivity contribution < 1.29 is 147 Å². The van der Waals surface area contributed by atoms with Gasteiger partial charge in [0, 0.05) is 66.9 Å². The van der Waals surface area contributed by atoms with Crippen molar-refractivity contribution in [3.05, 3.63) is 116 Å². The van der Waals surface area contributed by atoms with Crippen molar-refractivity contribution in [1.29, 1.82) is 0 Å². The van der Waals surface area contributed by atoms with E-state index in [9.17, 15) is 80.8 Å². The molecule has 5 amide bonds. The molecule has 0 radical (unpaired) electrons. The van der Waals surface area contributed by atoms with E-state index < -0.39 is 282 Å². The molecule has 0 aromatic heterocycles. The minimum Gasteiger partial charge on any atom is -0.507 e. The van der Waals surface area contributed by atoms with E-state index in [1.54, 1.807) is 20.8 Å². The third-order valence-corrected chi connectivity index (χ3v) is 25.4. The van der Waals surface area contributed by atoms with Crippen LogP contribution in [0.4, 0.5) is 0 Å². The van der Waals surface area contributed by atoms with Gasteiger partial charge < -0.3 is 147 Å². The Balaban J connectivity index is 1.06. The van der Waals surface area contributed by atoms with Crippen molar-refractivity contribution in [3.63, 3.8) is 0 Å². The number of phenols is 3. The maximum Gasteiger partial charge on any atom is 0.295 e. The van der Waals surface area contributed by atoms with Crippen LogP contribution >= 0.6 is 23.2 Å². The lowest BCUT2D eigenvalue weighted by atomic mass is 9.84. The number of nitrogens with one attached hydrogen (secondary N) is 6. The molecule has 11 bridgehead atoms. The van der Waals surface area contributed by atoms with Crippen molar-refractivity contribution in [2.75, 3.05) is 32.9 Å². The van der Waals surface area contributed by atoms with Crippen LogP contribution in [0.5, 0.6) is 46.0 Å². The summed E-state index contributed by atoms with van der Waals surface area (Å²) in [7, 11) is 0. The number of carbonyl (C=O) groups excluding carboxylic acids is 8. The SMILES string of the molecule is CCCCCCCCCCCCCNC1(C)C[C@H](O[C@@H]2C(O)C(O)[C@@H](CO)O[C@H]2Oc2c3cc4cc2Oc2ccc(cc2Cl)[C@@H](O)[C@@H](NC(=O)[C@H](CC)CC(C)C)C(=O)C[C@@H](CC(N)=O)C(=O)N[C@H]4C(=O)C[C@@H]2C(=O)N[C@H](C(=O)N[C@H](OC=O)c4cc(O)c(CNCCOC5OC(CO)[C@@H](O)[C@H](O)[C@H]5O)c(O)c4-c4cc2ccc4O)[C@H](O)c2ccc(c(Cl)c2)O3)O[C@@H](C)[C@H]1O. The highest BCUT2D eigenvalue weighted by atomic mass is 35.5. The van der Waals surface area contributed by atoms with Gasteiger partial charge in [0.05, 0.1) is 59.5 Å². The molecule has 714 valence electrons. The number of Topliss-reactive ketones (excluding diaryl/α,β-unsaturated/α-hetero) is 2. The molecule has 130 heavy (non-hydrogen) atoms. The number of aromatic hydroxyl groups is 3. The van der Waals surface area contributed by atoms with Gasteiger partial charge in [0.2, 0.25) is 47.8 Å². The molecule has 0 aliphatic carbocycles. The van der Waals surface area contributed by atoms with E-state index in [-0.39, 0.29) is 77.2 Å². The first-order valence-corrected chi connectivity index (χ1v) is 45.0. The van der Waals surface area contributed by atoms with Crippen molar-refractivity contribution >= 4 is 70.8 Å². The Bertz CT molecular complexity index is 4780. The molecule has 8 aliphatic heterocycles. The van der Waals surface area contributed by atoms with Gasteiger partial charge in [-0.15, -0.1) is 0 Å². The zero-order valence-corrected chi connectivity index (χ0v) is 74.6. The molecule has 8 aliphatic rings. The third kappa shape index (κ3) is 24.3. The number of ketones is 2. The van der Waals surface area contributed by atoms with Crippen LogP contribution in [0.15, 0.2) is 72.8 Å². The summed E-state index contributed by atoms with van der Waals surface area (Å²) >= 11 is 14.5. The summed E-state index contributed by atoms with van der Waals surface area (Å²) in [5.74, 6) is -17.5. The van der Waals surface area contributed by atoms with Gasteiger partial charge in [0.1, 0.15) is 102 Å². The zero-order chi connectivity index (χ0) is 94.3. The van der Waals surface area contributed by atoms with Crippen LogP contribution in [0.2, 0.25) is 10.0 Å². The van der Waals surface area contributed by atoms with E-state index in [1.807, 2.05) is 13.8 Å². The molecule has 13 rings (SSSR count). The summed E-state index contributed by atoms with van der Waals surface area (Å²) in [5.41, 5.74) is 1.99. The molecule has 21 N–H and O–H groups in total. The lowest BCUT2D eigenvalue weighted by molar-refractivity contribution is -0.334. The number of primary amides is 1. The molecular weight excluding hydrogens is 1740 g/mol. The standard InChI is InChI=1S/C91H121Cl2N7O30/c1-7-9-10-11-12-13-14-15-16-17-18-25-96-91(6)38-68(124-44(5)83(91)117)129-82-79(115)77(113)66(41-102)128-90(82)130-81-63-33-49-34-64(81)126-62-24-21-48(31-56(62)93)74(110)72-87(121)100-88(123-42-103)53-37-58(105)54(39-95-26-27-122-89-80(116)78(114)76(112)65(40-101)127-89)75(111)69(53)52-29-46(19-22-57(52)104)51(86(120)99-72)36-60(107)70(49)97-85(119)50(35-67(94)108)32-59(106)71(98-84(118)45(8-2)28-43(3)4)73(109)47-20-23-61(125-63)55(92)30-47/h19-24,29-31,33-34,37,42-45,50-51,65-66,68,70-74,76-80,82-83,88-90,95-96,101-102,104-105,109-117H,7-18,25-28,32,35-36,38-41H2,1-6H3,(H2,94,108)(H,97,119)(H,98,118)(H,99,120)(H,100,121)/t44-,45+,50-,51-,65?,66+,68-,70+,71-,72-,73+,74+,76+,77?,78-,79?,80+,82+,83+,88+,89?,90-,91?/m0/s1. The third-order valence-electron chi connectivity index (χ3n) is 24.8. The molecule has 5 unspecified atom stereocenters. The molecule has 0 spiro atoms. The van der Waals surface area contributed by atoms with E-state index in [4.69, 9.17) is 71.6 Å². The predicted molar refractivity (Wildman–Crippen MR) is 464 cm³/mol. The van der Waals surface area contributed by atoms with Gasteiger partial charge >= 0.3 is 0 Å². The van der Waals surface area contributed by atoms with Gasteiger partial charge in [0.15, 0.2) is 41.7 Å². The fraction of sp³-hybridized carbons (Fsp3) is 0.582. The number of aliphatic hydroxyl groups is 10. The van der Waals surface area contributed by atoms with Crippen LogP contribution in [0.25, 0.3) is 11.1 Å². The number of amides is 5. The van der Waals surface area contributed by atoms with Crippen molar-refractivity contribution in [2.24, 2.45) is 23.5 Å². The topological polar surface area (TPSA) is 581 Å². The fourth-order valence-corrected chi connectivity index (χ4v) is 17.8. The van der Waals surface area contributed by atoms with Crippen molar-refractivity contribution in [3.8, 4) is 57.1 Å². The largest absolute Gasteiger partial charge is 0.507 e. The quantitative estimate of drug-likeness (QED) is 0.0181. The normalized spacial score (nSPS) is 29.2. The monoisotopic (exact) mass is 1860 g/mol. The van der Waals surface area contributed by atoms with Gasteiger partial charge in [-0.2, -0.15) is 0 Å². The van der Waals surface area contributed by atoms with Crippen LogP contribution in [0.3, 0.4) is 0 Å². The number of nitrogens with two attached hydrogens (primary N) is 1. The maximum atomic E-state index is 16.6. The summed E-state index contributed by atoms with van der Waals surface area (Å²) in [6.07, 6.45) is -17.8. The minimum absolute atomic E-state index is 0.0386. The summed E-state index contributed by atoms with van der Waals surface area (Å²) in [6.45, 7) is 8.70. The second kappa shape index (κ2) is 46.1. The Morgan fingerprint density at radius 3 is 1.86 bits per heavy atom. The van der Waals surface area contributed by atoms with Gasteiger partial charge in [-0.05, 0) is 122 Å². The fourth-order valence-electron chi connectivity index (χ4n) is 17.4. The lowest BCUT2D eigenvalue weighted by Gasteiger charge is -2.48. The van der Waals surface area contributed by atoms with Crippen LogP contribution in [-0.2, 0) is 73.3 Å². The highest BCUT2D eigenvalue weighted by Gasteiger charge is 2.53. The minimum atomic E-state index is -2.26. The van der Waals surface area contributed by atoms with Crippen molar-refractivity contribution in [1.82, 2.24) is 31.9 Å². The van der Waals surface area contributed by atoms with Crippen LogP contribution < -0.4 is 51.8 Å². The molecule has 0 saturated carbocycles. The van der Waals surface area contributed by atoms with Gasteiger partial charge in [-0.25, -0.2) is 0 Å². The van der Waals surface area contributed by atoms with Gasteiger partial charge in [0.25, 0.3) is 6.47 Å². The average Bonchev–Trinajstić information content (AvgIpc) is 0.892. The number of aliphatic hydroxyl groups excluding tert-OH is 10. The number of carbonyl (C=O) groups is 8. The molecule has 3 fully saturated rings. The molecule has 5 aromatic carbocycles. The maximum absolute atomic E-state index is 16.6. The Kier molecular flexibility index (Phi) is 36.0. The summed E-state index contributed by atoms with van der Waals surface area (Å²) in [4.78, 5) is 119. The second-order valence-electron chi connectivity index (χ2n) is 34.8. The number of halogens is 2. The first-order valence-electron chi connectivity index (χ1n) is 44.2. The van der Waals surface area contributed by atoms with Crippen molar-refractivity contribution in [2.45, 2.75) is 285 Å². The average molecular weight is 1860 g/mol. The van der Waals surface area contributed by atoms with E-state index in [0.717, 1.165) is 74.6 Å². The number of ether oxygens (including phenoxy) is 9. The summed E-state index contributed by atoms with van der Waals surface area (Å²) < 4.78 is 56.4. The molecule has 39 heteroatoms. The Morgan fingerprint density at radius 1 is 0.654 bits per heavy atom. The highest BCUT2D eigenvalue weighted by molar-refractivity contribution is 6.32. The first kappa shape index (κ1) is 101. The zero-order valence-electron chi connectivity index (χ0n) is 73.1. The number of hydrogen-bond acceptors (Lipinski definition) is 32. The van der Waals surface area contributed by atoms with Gasteiger partial charge in [-0.1, -0.05) is 133 Å². The molecule has 8 heterocycles. The van der Waals surface area contributed by atoms with Crippen LogP contribution in [-0.4, -0.2) is 244 Å². The highest BCUT2D eigenvalue weighted by Crippen LogP contribution is 2.52. The summed E-state index contributed by atoms with van der Waals surface area (Å²) in [5, 5.41) is 166. The Morgan fingerprint density at radius 2 is 1.26 bits per heavy atom. The molecular formula is C91H121Cl2N7O30. The number of hydrogen-bond donors (Lipinski definition) is 20. The smallest absolute Gasteiger partial charge is 0.295 e. The molecule has 37 nitrogen and oxygen atoms in total. The Labute approximate surface area is 761 Å². The molecule has 23 atom stereocenters. The first-order chi connectivity index (χ1) is 62.0. The molecule has 3 saturated heterocycles. The number of rotatable bonds is 34. The number of unbranched alkanes of at least 4 members (excludes halogenated alkanes) is 10. The molecule has 5 aromatic rings. The second-order valence-corrected chi connectivity index (χ2v) is 35.6.